The van der Waals surface area contributed by atoms with Crippen molar-refractivity contribution in [2.75, 3.05) is 0 Å². The summed E-state index contributed by atoms with van der Waals surface area (Å²) < 4.78 is 0. The van der Waals surface area contributed by atoms with Gasteiger partial charge in [-0.15, -0.1) is 0 Å². The molecule has 2 atom stereocenters. The van der Waals surface area contributed by atoms with Crippen molar-refractivity contribution < 1.29 is 9.59 Å². The van der Waals surface area contributed by atoms with E-state index in [4.69, 9.17) is 5.73 Å². The molecule has 1 rings (SSSR count). The first-order valence-electron chi connectivity index (χ1n) is 6.59. The standard InChI is InChI=1S/C14H21N3O2/c1-3-5-6-7-8-10(4-2)11-9-12(18)16-17-13(11)14(15)19/h5-8,10-11H,3-4,9H2,1-2H3,(H2,15,19)(H,16,18)/b6-5+,8-7+. The summed E-state index contributed by atoms with van der Waals surface area (Å²) in [6.07, 6.45) is 10.0. The topological polar surface area (TPSA) is 84.6 Å². The van der Waals surface area contributed by atoms with E-state index in [0.717, 1.165) is 12.8 Å². The highest BCUT2D eigenvalue weighted by atomic mass is 16.2. The molecule has 0 bridgehead atoms. The van der Waals surface area contributed by atoms with Crippen molar-refractivity contribution in [3.8, 4) is 0 Å². The molecule has 5 heteroatoms. The largest absolute Gasteiger partial charge is 0.364 e. The molecule has 1 aliphatic heterocycles. The van der Waals surface area contributed by atoms with E-state index < -0.39 is 5.91 Å². The highest BCUT2D eigenvalue weighted by molar-refractivity contribution is 6.40. The van der Waals surface area contributed by atoms with Gasteiger partial charge in [-0.25, -0.2) is 5.43 Å². The molecule has 0 fully saturated rings. The molecule has 0 aliphatic carbocycles. The number of primary amides is 1. The van der Waals surface area contributed by atoms with Crippen LogP contribution in [0.25, 0.3) is 0 Å². The molecule has 2 unspecified atom stereocenters. The lowest BCUT2D eigenvalue weighted by molar-refractivity contribution is -0.122. The smallest absolute Gasteiger partial charge is 0.265 e. The fraction of sp³-hybridized carbons (Fsp3) is 0.500. The molecule has 0 aromatic heterocycles. The van der Waals surface area contributed by atoms with Crippen LogP contribution >= 0.6 is 0 Å². The van der Waals surface area contributed by atoms with Gasteiger partial charge in [-0.05, 0) is 18.8 Å². The van der Waals surface area contributed by atoms with E-state index >= 15 is 0 Å². The average Bonchev–Trinajstić information content (AvgIpc) is 2.38. The molecular formula is C14H21N3O2. The Morgan fingerprint density at radius 1 is 1.53 bits per heavy atom. The second kappa shape index (κ2) is 7.51. The Morgan fingerprint density at radius 3 is 2.84 bits per heavy atom. The van der Waals surface area contributed by atoms with Crippen LogP contribution in [0.3, 0.4) is 0 Å². The first-order chi connectivity index (χ1) is 9.10. The minimum absolute atomic E-state index is 0.0822. The van der Waals surface area contributed by atoms with E-state index in [0.29, 0.717) is 0 Å². The summed E-state index contributed by atoms with van der Waals surface area (Å²) >= 11 is 0. The van der Waals surface area contributed by atoms with Gasteiger partial charge in [-0.2, -0.15) is 5.10 Å². The lowest BCUT2D eigenvalue weighted by atomic mass is 9.82. The van der Waals surface area contributed by atoms with Crippen molar-refractivity contribution >= 4 is 17.5 Å². The zero-order chi connectivity index (χ0) is 14.3. The summed E-state index contributed by atoms with van der Waals surface area (Å²) in [4.78, 5) is 22.8. The van der Waals surface area contributed by atoms with Crippen LogP contribution in [0.2, 0.25) is 0 Å². The van der Waals surface area contributed by atoms with Gasteiger partial charge in [0.15, 0.2) is 0 Å². The summed E-state index contributed by atoms with van der Waals surface area (Å²) in [6.45, 7) is 4.08. The third-order valence-electron chi connectivity index (χ3n) is 3.14. The van der Waals surface area contributed by atoms with Crippen LogP contribution in [0.15, 0.2) is 29.4 Å². The second-order valence-corrected chi connectivity index (χ2v) is 4.50. The Bertz CT molecular complexity index is 424. The maximum atomic E-state index is 11.4. The van der Waals surface area contributed by atoms with Crippen molar-refractivity contribution in [2.24, 2.45) is 22.7 Å². The average molecular weight is 263 g/mol. The number of amides is 2. The molecule has 19 heavy (non-hydrogen) atoms. The molecule has 2 amide bonds. The van der Waals surface area contributed by atoms with Gasteiger partial charge >= 0.3 is 0 Å². The van der Waals surface area contributed by atoms with Crippen molar-refractivity contribution in [1.29, 1.82) is 0 Å². The Hall–Kier alpha value is -1.91. The van der Waals surface area contributed by atoms with E-state index in [2.05, 4.69) is 17.5 Å². The molecule has 0 radical (unpaired) electrons. The van der Waals surface area contributed by atoms with Gasteiger partial charge in [0.05, 0.1) is 0 Å². The van der Waals surface area contributed by atoms with Gasteiger partial charge in [-0.1, -0.05) is 38.2 Å². The predicted molar refractivity (Wildman–Crippen MR) is 75.2 cm³/mol. The SMILES string of the molecule is CC/C=C/C=C/C(CC)C1CC(=O)NN=C1C(N)=O. The number of hydrazone groups is 1. The molecule has 0 aromatic carbocycles. The number of allylic oxidation sites excluding steroid dienone is 4. The van der Waals surface area contributed by atoms with Crippen molar-refractivity contribution in [1.82, 2.24) is 5.43 Å². The lowest BCUT2D eigenvalue weighted by Crippen LogP contribution is -2.42. The quantitative estimate of drug-likeness (QED) is 0.712. The summed E-state index contributed by atoms with van der Waals surface area (Å²) in [5, 5.41) is 3.80. The monoisotopic (exact) mass is 263 g/mol. The van der Waals surface area contributed by atoms with Crippen LogP contribution in [-0.2, 0) is 9.59 Å². The minimum atomic E-state index is -0.569. The number of hydrogen-bond acceptors (Lipinski definition) is 3. The van der Waals surface area contributed by atoms with Crippen molar-refractivity contribution in [3.05, 3.63) is 24.3 Å². The van der Waals surface area contributed by atoms with Crippen molar-refractivity contribution in [2.45, 2.75) is 33.1 Å². The van der Waals surface area contributed by atoms with E-state index in [9.17, 15) is 9.59 Å². The number of nitrogens with two attached hydrogens (primary N) is 1. The highest BCUT2D eigenvalue weighted by Crippen LogP contribution is 2.24. The Balaban J connectivity index is 2.88. The van der Waals surface area contributed by atoms with Gasteiger partial charge in [-0.3, -0.25) is 9.59 Å². The maximum Gasteiger partial charge on any atom is 0.265 e. The minimum Gasteiger partial charge on any atom is -0.364 e. The summed E-state index contributed by atoms with van der Waals surface area (Å²) in [5.41, 5.74) is 7.88. The summed E-state index contributed by atoms with van der Waals surface area (Å²) in [6, 6.07) is 0. The van der Waals surface area contributed by atoms with Crippen LogP contribution in [0.1, 0.15) is 33.1 Å². The van der Waals surface area contributed by atoms with E-state index in [1.807, 2.05) is 31.2 Å². The molecule has 1 aliphatic rings. The molecule has 104 valence electrons. The van der Waals surface area contributed by atoms with Gasteiger partial charge in [0.2, 0.25) is 5.91 Å². The third kappa shape index (κ3) is 4.35. The zero-order valence-electron chi connectivity index (χ0n) is 11.4. The first kappa shape index (κ1) is 15.1. The molecule has 0 aromatic rings. The molecule has 0 saturated carbocycles. The zero-order valence-corrected chi connectivity index (χ0v) is 11.4. The first-order valence-corrected chi connectivity index (χ1v) is 6.59. The predicted octanol–water partition coefficient (Wildman–Crippen LogP) is 1.51. The number of carbonyl (C=O) groups excluding carboxylic acids is 2. The van der Waals surface area contributed by atoms with Crippen LogP contribution in [0, 0.1) is 11.8 Å². The fourth-order valence-corrected chi connectivity index (χ4v) is 2.12. The summed E-state index contributed by atoms with van der Waals surface area (Å²) in [5.74, 6) is -0.895. The van der Waals surface area contributed by atoms with Gasteiger partial charge in [0.1, 0.15) is 5.71 Å². The van der Waals surface area contributed by atoms with Gasteiger partial charge < -0.3 is 5.73 Å². The van der Waals surface area contributed by atoms with Crippen LogP contribution in [0.5, 0.6) is 0 Å². The van der Waals surface area contributed by atoms with Crippen LogP contribution in [0.4, 0.5) is 0 Å². The highest BCUT2D eigenvalue weighted by Gasteiger charge is 2.32. The summed E-state index contributed by atoms with van der Waals surface area (Å²) in [7, 11) is 0. The van der Waals surface area contributed by atoms with Gasteiger partial charge in [0.25, 0.3) is 5.91 Å². The van der Waals surface area contributed by atoms with Gasteiger partial charge in [0, 0.05) is 12.3 Å². The molecule has 3 N–H and O–H groups in total. The normalized spacial score (nSPS) is 21.5. The number of nitrogens with zero attached hydrogens (tertiary/aromatic N) is 1. The number of nitrogens with one attached hydrogen (secondary N) is 1. The second-order valence-electron chi connectivity index (χ2n) is 4.50. The molecule has 1 heterocycles. The number of rotatable bonds is 6. The van der Waals surface area contributed by atoms with E-state index in [1.54, 1.807) is 0 Å². The Morgan fingerprint density at radius 2 is 2.26 bits per heavy atom. The third-order valence-corrected chi connectivity index (χ3v) is 3.14. The maximum absolute atomic E-state index is 11.4. The van der Waals surface area contributed by atoms with E-state index in [-0.39, 0.29) is 29.9 Å². The Labute approximate surface area is 113 Å². The molecular weight excluding hydrogens is 242 g/mol. The Kier molecular flexibility index (Phi) is 5.99. The molecule has 0 saturated heterocycles. The number of carbonyl (C=O) groups is 2. The number of hydrogen-bond donors (Lipinski definition) is 2. The van der Waals surface area contributed by atoms with E-state index in [1.165, 1.54) is 0 Å². The van der Waals surface area contributed by atoms with Crippen LogP contribution < -0.4 is 11.2 Å². The lowest BCUT2D eigenvalue weighted by Gasteiger charge is -2.26. The fourth-order valence-electron chi connectivity index (χ4n) is 2.12. The molecule has 5 nitrogen and oxygen atoms in total. The van der Waals surface area contributed by atoms with Crippen LogP contribution in [-0.4, -0.2) is 17.5 Å². The molecule has 0 spiro atoms. The van der Waals surface area contributed by atoms with Crippen molar-refractivity contribution in [3.63, 3.8) is 0 Å².